The van der Waals surface area contributed by atoms with E-state index in [9.17, 15) is 4.79 Å². The van der Waals surface area contributed by atoms with E-state index < -0.39 is 18.4 Å². The summed E-state index contributed by atoms with van der Waals surface area (Å²) in [6.07, 6.45) is 0. The first-order valence-electron chi connectivity index (χ1n) is 7.37. The fourth-order valence-electron chi connectivity index (χ4n) is 2.22. The predicted molar refractivity (Wildman–Crippen MR) is 86.0 cm³/mol. The molecule has 0 N–H and O–H groups in total. The van der Waals surface area contributed by atoms with E-state index in [-0.39, 0.29) is 5.91 Å². The molecule has 0 atom stereocenters. The third kappa shape index (κ3) is 3.36. The molecule has 2 rings (SSSR count). The van der Waals surface area contributed by atoms with Gasteiger partial charge in [0.2, 0.25) is 0 Å². The molecule has 1 amide bonds. The summed E-state index contributed by atoms with van der Waals surface area (Å²) in [5.74, 6) is 1.64. The molecule has 114 valence electrons. The van der Waals surface area contributed by atoms with Gasteiger partial charge in [-0.3, -0.25) is 0 Å². The molecule has 1 aromatic carbocycles. The van der Waals surface area contributed by atoms with E-state index in [4.69, 9.17) is 9.47 Å². The summed E-state index contributed by atoms with van der Waals surface area (Å²) >= 11 is -2.62. The Morgan fingerprint density at radius 1 is 1.05 bits per heavy atom. The zero-order valence-corrected chi connectivity index (χ0v) is 16.2. The molecule has 1 heterocycles. The third-order valence-electron chi connectivity index (χ3n) is 3.41. The number of rotatable bonds is 4. The van der Waals surface area contributed by atoms with Gasteiger partial charge < -0.3 is 0 Å². The number of carbonyl (C=O) groups is 1. The van der Waals surface area contributed by atoms with Crippen molar-refractivity contribution in [2.24, 2.45) is 0 Å². The van der Waals surface area contributed by atoms with Crippen LogP contribution in [-0.4, -0.2) is 42.3 Å². The van der Waals surface area contributed by atoms with Gasteiger partial charge in [0.1, 0.15) is 0 Å². The Morgan fingerprint density at radius 2 is 1.57 bits per heavy atom. The average molecular weight is 396 g/mol. The van der Waals surface area contributed by atoms with Crippen molar-refractivity contribution in [1.29, 1.82) is 0 Å². The monoisotopic (exact) mass is 397 g/mol. The van der Waals surface area contributed by atoms with E-state index >= 15 is 0 Å². The maximum atomic E-state index is 12.7. The number of nitrogens with zero attached hydrogens (tertiary/aromatic N) is 1. The molecule has 0 saturated heterocycles. The molecule has 1 aliphatic heterocycles. The van der Waals surface area contributed by atoms with Gasteiger partial charge in [0.25, 0.3) is 0 Å². The van der Waals surface area contributed by atoms with E-state index in [1.165, 1.54) is 0 Å². The molecule has 1 aliphatic rings. The number of hydrogen-bond acceptors (Lipinski definition) is 3. The maximum absolute atomic E-state index is 12.7. The van der Waals surface area contributed by atoms with Gasteiger partial charge in [-0.2, -0.15) is 0 Å². The first-order chi connectivity index (χ1) is 9.88. The van der Waals surface area contributed by atoms with Crippen molar-refractivity contribution in [1.82, 2.24) is 4.90 Å². The number of ether oxygens (including phenoxy) is 2. The van der Waals surface area contributed by atoms with E-state index in [0.717, 1.165) is 3.78 Å². The van der Waals surface area contributed by atoms with Gasteiger partial charge in [-0.1, -0.05) is 0 Å². The first kappa shape index (κ1) is 16.2. The zero-order valence-electron chi connectivity index (χ0n) is 13.4. The van der Waals surface area contributed by atoms with Crippen molar-refractivity contribution in [3.05, 3.63) is 33.8 Å². The van der Waals surface area contributed by atoms with Crippen LogP contribution in [0.1, 0.15) is 13.8 Å². The fraction of sp³-hybridized carbons (Fsp3) is 0.438. The molecular formula is C16H23NO3Sn. The van der Waals surface area contributed by atoms with Crippen molar-refractivity contribution >= 4 is 24.3 Å². The second-order valence-electron chi connectivity index (χ2n) is 6.04. The Labute approximate surface area is 130 Å². The minimum absolute atomic E-state index is 0.0730. The van der Waals surface area contributed by atoms with Crippen LogP contribution in [0.5, 0.6) is 11.5 Å². The number of likely N-dealkylation sites (N-methyl/N-ethyl adjacent to an activating group) is 1. The number of hydrogen-bond donors (Lipinski definition) is 0. The molecule has 5 heteroatoms. The summed E-state index contributed by atoms with van der Waals surface area (Å²) in [5, 5.41) is 0. The van der Waals surface area contributed by atoms with Crippen LogP contribution >= 0.6 is 0 Å². The van der Waals surface area contributed by atoms with Crippen molar-refractivity contribution < 1.29 is 14.3 Å². The van der Waals surface area contributed by atoms with E-state index in [0.29, 0.717) is 30.3 Å². The molecular weight excluding hydrogens is 373 g/mol. The van der Waals surface area contributed by atoms with Crippen molar-refractivity contribution in [2.45, 2.75) is 28.7 Å². The van der Waals surface area contributed by atoms with Gasteiger partial charge in [-0.25, -0.2) is 0 Å². The van der Waals surface area contributed by atoms with Crippen LogP contribution in [0, 0.1) is 0 Å². The summed E-state index contributed by atoms with van der Waals surface area (Å²) in [4.78, 5) is 21.1. The Kier molecular flexibility index (Phi) is 4.86. The predicted octanol–water partition coefficient (Wildman–Crippen LogP) is 3.42. The van der Waals surface area contributed by atoms with Crippen LogP contribution in [0.2, 0.25) is 14.8 Å². The molecule has 0 fully saturated rings. The van der Waals surface area contributed by atoms with Crippen molar-refractivity contribution in [2.75, 3.05) is 13.1 Å². The number of amides is 1. The van der Waals surface area contributed by atoms with Gasteiger partial charge in [-0.05, 0) is 0 Å². The number of fused-ring (bicyclic) bond motifs is 1. The normalized spacial score (nSPS) is 14.1. The number of carbonyl (C=O) groups excluding carboxylic acids is 1. The molecule has 0 unspecified atom stereocenters. The third-order valence-corrected chi connectivity index (χ3v) is 8.23. The van der Waals surface area contributed by atoms with Gasteiger partial charge in [0.05, 0.1) is 0 Å². The van der Waals surface area contributed by atoms with Gasteiger partial charge in [0, 0.05) is 0 Å². The molecule has 4 nitrogen and oxygen atoms in total. The summed E-state index contributed by atoms with van der Waals surface area (Å²) < 4.78 is 12.8. The SMILES string of the molecule is CCN(CC)C(=O)C1=[C]([Sn]([CH3])([CH3])[CH3])Oc2ccccc2O1. The van der Waals surface area contributed by atoms with E-state index in [1.54, 1.807) is 4.90 Å². The molecule has 0 spiro atoms. The number of para-hydroxylation sites is 2. The molecule has 0 saturated carbocycles. The van der Waals surface area contributed by atoms with Crippen LogP contribution in [0.25, 0.3) is 0 Å². The Morgan fingerprint density at radius 3 is 2.05 bits per heavy atom. The second-order valence-corrected chi connectivity index (χ2v) is 20.2. The second kappa shape index (κ2) is 6.30. The van der Waals surface area contributed by atoms with Crippen LogP contribution in [-0.2, 0) is 4.79 Å². The Bertz CT molecular complexity index is 571. The van der Waals surface area contributed by atoms with Crippen LogP contribution in [0.4, 0.5) is 0 Å². The standard InChI is InChI=1S/C13H14NO3.3CH3.Sn/c1-3-14(4-2)13(15)12-9-16-10-7-5-6-8-11(10)17-12;;;;/h5-8H,3-4H2,1-2H3;3*1H3;. The topological polar surface area (TPSA) is 38.8 Å². The van der Waals surface area contributed by atoms with Gasteiger partial charge in [0.15, 0.2) is 0 Å². The van der Waals surface area contributed by atoms with E-state index in [2.05, 4.69) is 14.8 Å². The van der Waals surface area contributed by atoms with Crippen LogP contribution in [0.3, 0.4) is 0 Å². The summed E-state index contributed by atoms with van der Waals surface area (Å²) in [6, 6.07) is 7.51. The Balaban J connectivity index is 2.47. The summed E-state index contributed by atoms with van der Waals surface area (Å²) in [5.41, 5.74) is 0. The zero-order chi connectivity index (χ0) is 15.6. The molecule has 0 aliphatic carbocycles. The summed E-state index contributed by atoms with van der Waals surface area (Å²) in [7, 11) is 0. The summed E-state index contributed by atoms with van der Waals surface area (Å²) in [6.45, 7) is 5.27. The molecule has 0 radical (unpaired) electrons. The average Bonchev–Trinajstić information content (AvgIpc) is 2.46. The van der Waals surface area contributed by atoms with Gasteiger partial charge in [-0.15, -0.1) is 0 Å². The molecule has 0 bridgehead atoms. The first-order valence-corrected chi connectivity index (χ1v) is 17.4. The molecule has 21 heavy (non-hydrogen) atoms. The quantitative estimate of drug-likeness (QED) is 0.733. The van der Waals surface area contributed by atoms with Crippen molar-refractivity contribution in [3.8, 4) is 11.5 Å². The van der Waals surface area contributed by atoms with Crippen molar-refractivity contribution in [3.63, 3.8) is 0 Å². The Hall–Kier alpha value is -1.17. The number of benzene rings is 1. The van der Waals surface area contributed by atoms with Crippen LogP contribution < -0.4 is 9.47 Å². The van der Waals surface area contributed by atoms with Gasteiger partial charge >= 0.3 is 131 Å². The molecule has 0 aromatic heterocycles. The minimum atomic E-state index is -2.62. The molecule has 1 aromatic rings. The van der Waals surface area contributed by atoms with Crippen LogP contribution in [0.15, 0.2) is 33.8 Å². The fourth-order valence-corrected chi connectivity index (χ4v) is 5.80. The van der Waals surface area contributed by atoms with E-state index in [1.807, 2.05) is 38.1 Å².